The molecule has 0 saturated carbocycles. The van der Waals surface area contributed by atoms with Gasteiger partial charge in [0.2, 0.25) is 5.89 Å². The Labute approximate surface area is 192 Å². The quantitative estimate of drug-likeness (QED) is 0.475. The van der Waals surface area contributed by atoms with Gasteiger partial charge in [0.25, 0.3) is 11.4 Å². The Morgan fingerprint density at radius 3 is 2.45 bits per heavy atom. The number of hydrogen-bond acceptors (Lipinski definition) is 7. The summed E-state index contributed by atoms with van der Waals surface area (Å²) in [5.74, 6) is 0.750. The van der Waals surface area contributed by atoms with E-state index in [9.17, 15) is 4.79 Å². The molecule has 0 aliphatic heterocycles. The highest BCUT2D eigenvalue weighted by atomic mass is 16.4. The van der Waals surface area contributed by atoms with Crippen molar-refractivity contribution in [1.29, 1.82) is 0 Å². The van der Waals surface area contributed by atoms with Crippen molar-refractivity contribution < 1.29 is 4.42 Å². The third-order valence-corrected chi connectivity index (χ3v) is 5.66. The molecule has 0 amide bonds. The highest BCUT2D eigenvalue weighted by Gasteiger charge is 2.19. The van der Waals surface area contributed by atoms with Crippen LogP contribution in [-0.4, -0.2) is 31.8 Å². The van der Waals surface area contributed by atoms with Crippen LogP contribution in [0.5, 0.6) is 0 Å². The first-order valence-corrected chi connectivity index (χ1v) is 10.9. The number of nitrogens with zero attached hydrogens (tertiary/aromatic N) is 5. The molecule has 0 saturated heterocycles. The van der Waals surface area contributed by atoms with E-state index in [1.54, 1.807) is 22.9 Å². The number of aromatic nitrogens is 5. The third kappa shape index (κ3) is 4.34. The van der Waals surface area contributed by atoms with Gasteiger partial charge in [-0.1, -0.05) is 12.1 Å². The van der Waals surface area contributed by atoms with Crippen LogP contribution < -0.4 is 10.9 Å². The van der Waals surface area contributed by atoms with E-state index >= 15 is 0 Å². The Bertz CT molecular complexity index is 1370. The molecular formula is C25H28N6O2. The topological polar surface area (TPSA) is 98.7 Å². The van der Waals surface area contributed by atoms with Crippen molar-refractivity contribution in [2.24, 2.45) is 0 Å². The number of pyridine rings is 1. The second-order valence-corrected chi connectivity index (χ2v) is 8.42. The van der Waals surface area contributed by atoms with Gasteiger partial charge in [-0.05, 0) is 64.9 Å². The molecule has 1 aromatic carbocycles. The van der Waals surface area contributed by atoms with Crippen LogP contribution in [0.25, 0.3) is 34.3 Å². The minimum absolute atomic E-state index is 0.0378. The molecule has 4 aromatic rings. The van der Waals surface area contributed by atoms with Crippen LogP contribution >= 0.6 is 0 Å². The average Bonchev–Trinajstić information content (AvgIpc) is 3.24. The van der Waals surface area contributed by atoms with Crippen molar-refractivity contribution in [3.8, 4) is 34.3 Å². The first kappa shape index (κ1) is 22.5. The Hall–Kier alpha value is -3.65. The Kier molecular flexibility index (Phi) is 6.20. The molecule has 8 nitrogen and oxygen atoms in total. The summed E-state index contributed by atoms with van der Waals surface area (Å²) >= 11 is 0. The van der Waals surface area contributed by atoms with Crippen molar-refractivity contribution in [1.82, 2.24) is 30.0 Å². The van der Waals surface area contributed by atoms with Crippen molar-refractivity contribution in [2.75, 3.05) is 7.05 Å². The summed E-state index contributed by atoms with van der Waals surface area (Å²) in [6, 6.07) is 9.53. The smallest absolute Gasteiger partial charge is 0.268 e. The van der Waals surface area contributed by atoms with Crippen LogP contribution in [0.3, 0.4) is 0 Å². The fraction of sp³-hybridized carbons (Fsp3) is 0.320. The first-order chi connectivity index (χ1) is 15.8. The molecule has 0 fully saturated rings. The van der Waals surface area contributed by atoms with Gasteiger partial charge in [0.15, 0.2) is 0 Å². The maximum Gasteiger partial charge on any atom is 0.268 e. The lowest BCUT2D eigenvalue weighted by molar-refractivity contribution is 0.563. The molecule has 3 heterocycles. The Balaban J connectivity index is 1.75. The zero-order chi connectivity index (χ0) is 23.7. The highest BCUT2D eigenvalue weighted by molar-refractivity contribution is 5.65. The number of hydrogen-bond donors (Lipinski definition) is 1. The summed E-state index contributed by atoms with van der Waals surface area (Å²) in [6.45, 7) is 10.6. The summed E-state index contributed by atoms with van der Waals surface area (Å²) in [4.78, 5) is 21.6. The van der Waals surface area contributed by atoms with E-state index in [4.69, 9.17) is 9.40 Å². The molecule has 1 N–H and O–H groups in total. The standard InChI is InChI=1S/C25H28N6O2/c1-14(2)31-17(5)20(9-10-22(31)32)21-13-27-16(4)23(28-21)25-30-29-24(33-25)19-8-7-18(12-26-6)11-15(19)3/h7-11,13-14,26H,12H2,1-6H3. The maximum absolute atomic E-state index is 12.3. The molecule has 0 spiro atoms. The molecule has 0 radical (unpaired) electrons. The zero-order valence-corrected chi connectivity index (χ0v) is 19.8. The van der Waals surface area contributed by atoms with Crippen molar-refractivity contribution in [3.63, 3.8) is 0 Å². The third-order valence-electron chi connectivity index (χ3n) is 5.66. The summed E-state index contributed by atoms with van der Waals surface area (Å²) in [5.41, 5.74) is 6.63. The predicted octanol–water partition coefficient (Wildman–Crippen LogP) is 4.25. The van der Waals surface area contributed by atoms with Gasteiger partial charge in [0.1, 0.15) is 5.69 Å². The van der Waals surface area contributed by atoms with Gasteiger partial charge in [0, 0.05) is 35.5 Å². The number of nitrogens with one attached hydrogen (secondary N) is 1. The number of aryl methyl sites for hydroxylation is 2. The SMILES string of the molecule is CNCc1ccc(-c2nnc(-c3nc(-c4ccc(=O)n(C(C)C)c4C)cnc3C)o2)c(C)c1. The van der Waals surface area contributed by atoms with E-state index in [0.717, 1.165) is 28.9 Å². The molecule has 33 heavy (non-hydrogen) atoms. The number of rotatable bonds is 6. The van der Waals surface area contributed by atoms with Gasteiger partial charge in [-0.2, -0.15) is 0 Å². The monoisotopic (exact) mass is 444 g/mol. The van der Waals surface area contributed by atoms with Gasteiger partial charge in [-0.3, -0.25) is 9.78 Å². The Morgan fingerprint density at radius 1 is 1.03 bits per heavy atom. The molecule has 3 aromatic heterocycles. The molecule has 0 unspecified atom stereocenters. The van der Waals surface area contributed by atoms with E-state index in [1.165, 1.54) is 5.56 Å². The molecule has 170 valence electrons. The molecular weight excluding hydrogens is 416 g/mol. The van der Waals surface area contributed by atoms with Gasteiger partial charge in [-0.25, -0.2) is 4.98 Å². The van der Waals surface area contributed by atoms with Crippen LogP contribution in [0.15, 0.2) is 45.7 Å². The Morgan fingerprint density at radius 2 is 1.76 bits per heavy atom. The summed E-state index contributed by atoms with van der Waals surface area (Å²) in [7, 11) is 1.92. The van der Waals surface area contributed by atoms with Crippen molar-refractivity contribution >= 4 is 0 Å². The molecule has 8 heteroatoms. The van der Waals surface area contributed by atoms with Crippen LogP contribution in [-0.2, 0) is 6.54 Å². The van der Waals surface area contributed by atoms with Crippen LogP contribution in [0.1, 0.15) is 42.4 Å². The van der Waals surface area contributed by atoms with Crippen molar-refractivity contribution in [3.05, 3.63) is 69.4 Å². The van der Waals surface area contributed by atoms with Gasteiger partial charge in [0.05, 0.1) is 17.6 Å². The van der Waals surface area contributed by atoms with Crippen LogP contribution in [0.4, 0.5) is 0 Å². The predicted molar refractivity (Wildman–Crippen MR) is 128 cm³/mol. The van der Waals surface area contributed by atoms with E-state index in [0.29, 0.717) is 28.9 Å². The fourth-order valence-electron chi connectivity index (χ4n) is 4.05. The lowest BCUT2D eigenvalue weighted by Gasteiger charge is -2.17. The summed E-state index contributed by atoms with van der Waals surface area (Å²) in [6.07, 6.45) is 1.71. The lowest BCUT2D eigenvalue weighted by Crippen LogP contribution is -2.23. The average molecular weight is 445 g/mol. The molecule has 0 aliphatic carbocycles. The van der Waals surface area contributed by atoms with Gasteiger partial charge >= 0.3 is 0 Å². The highest BCUT2D eigenvalue weighted by Crippen LogP contribution is 2.29. The fourth-order valence-corrected chi connectivity index (χ4v) is 4.05. The molecule has 0 aliphatic rings. The second kappa shape index (κ2) is 9.07. The molecule has 0 bridgehead atoms. The largest absolute Gasteiger partial charge is 0.415 e. The minimum atomic E-state index is -0.0378. The van der Waals surface area contributed by atoms with E-state index < -0.39 is 0 Å². The second-order valence-electron chi connectivity index (χ2n) is 8.42. The first-order valence-electron chi connectivity index (χ1n) is 10.9. The van der Waals surface area contributed by atoms with Crippen LogP contribution in [0.2, 0.25) is 0 Å². The number of benzene rings is 1. The lowest BCUT2D eigenvalue weighted by atomic mass is 10.1. The molecule has 0 atom stereocenters. The molecule has 4 rings (SSSR count). The van der Waals surface area contributed by atoms with Gasteiger partial charge < -0.3 is 14.3 Å². The van der Waals surface area contributed by atoms with Crippen molar-refractivity contribution in [2.45, 2.75) is 47.2 Å². The normalized spacial score (nSPS) is 11.4. The van der Waals surface area contributed by atoms with E-state index in [1.807, 2.05) is 53.8 Å². The van der Waals surface area contributed by atoms with E-state index in [2.05, 4.69) is 26.6 Å². The minimum Gasteiger partial charge on any atom is -0.415 e. The summed E-state index contributed by atoms with van der Waals surface area (Å²) < 4.78 is 7.78. The maximum atomic E-state index is 12.3. The zero-order valence-electron chi connectivity index (χ0n) is 19.8. The van der Waals surface area contributed by atoms with Crippen LogP contribution in [0, 0.1) is 20.8 Å². The van der Waals surface area contributed by atoms with E-state index in [-0.39, 0.29) is 11.6 Å². The van der Waals surface area contributed by atoms with Gasteiger partial charge in [-0.15, -0.1) is 10.2 Å². The summed E-state index contributed by atoms with van der Waals surface area (Å²) in [5, 5.41) is 11.7.